The van der Waals surface area contributed by atoms with Gasteiger partial charge in [-0.2, -0.15) is 5.26 Å². The number of hydrogen-bond acceptors (Lipinski definition) is 3. The lowest BCUT2D eigenvalue weighted by atomic mass is 9.90. The van der Waals surface area contributed by atoms with Gasteiger partial charge in [0.25, 0.3) is 0 Å². The summed E-state index contributed by atoms with van der Waals surface area (Å²) >= 11 is 0. The van der Waals surface area contributed by atoms with E-state index < -0.39 is 0 Å². The van der Waals surface area contributed by atoms with Crippen LogP contribution in [0.3, 0.4) is 0 Å². The molecule has 0 saturated heterocycles. The quantitative estimate of drug-likeness (QED) is 0.746. The molecule has 0 unspecified atom stereocenters. The summed E-state index contributed by atoms with van der Waals surface area (Å²) in [5.74, 6) is 0. The molecule has 0 saturated carbocycles. The van der Waals surface area contributed by atoms with Crippen molar-refractivity contribution >= 4 is 0 Å². The highest BCUT2D eigenvalue weighted by Gasteiger charge is 2.20. The Morgan fingerprint density at radius 3 is 2.40 bits per heavy atom. The summed E-state index contributed by atoms with van der Waals surface area (Å²) in [5, 5.41) is 17.2. The monoisotopic (exact) mass is 206 g/mol. The van der Waals surface area contributed by atoms with Gasteiger partial charge in [0.2, 0.25) is 0 Å². The summed E-state index contributed by atoms with van der Waals surface area (Å²) in [6.45, 7) is 10.4. The van der Waals surface area contributed by atoms with E-state index in [4.69, 9.17) is 5.26 Å². The third-order valence-electron chi connectivity index (χ3n) is 2.06. The molecule has 0 aliphatic heterocycles. The highest BCUT2D eigenvalue weighted by atomic mass is 15.4. The molecule has 0 bridgehead atoms. The number of rotatable bonds is 2. The number of aromatic nitrogens is 3. The molecule has 1 heterocycles. The second-order valence-corrected chi connectivity index (χ2v) is 5.27. The Labute approximate surface area is 90.9 Å². The van der Waals surface area contributed by atoms with Gasteiger partial charge in [-0.25, -0.2) is 4.68 Å². The van der Waals surface area contributed by atoms with E-state index in [1.54, 1.807) is 4.68 Å². The maximum atomic E-state index is 9.08. The first-order valence-corrected chi connectivity index (χ1v) is 5.19. The van der Waals surface area contributed by atoms with Gasteiger partial charge in [0.15, 0.2) is 5.69 Å². The van der Waals surface area contributed by atoms with Gasteiger partial charge >= 0.3 is 0 Å². The summed E-state index contributed by atoms with van der Waals surface area (Å²) in [6, 6.07) is 2.37. The predicted octanol–water partition coefficient (Wildman–Crippen LogP) is 2.32. The van der Waals surface area contributed by atoms with Crippen molar-refractivity contribution in [2.75, 3.05) is 0 Å². The molecule has 4 heteroatoms. The van der Waals surface area contributed by atoms with E-state index in [1.807, 2.05) is 13.8 Å². The zero-order valence-corrected chi connectivity index (χ0v) is 10.1. The van der Waals surface area contributed by atoms with Gasteiger partial charge in [0, 0.05) is 6.04 Å². The molecule has 0 amide bonds. The van der Waals surface area contributed by atoms with Crippen molar-refractivity contribution in [1.82, 2.24) is 15.0 Å². The fourth-order valence-electron chi connectivity index (χ4n) is 1.43. The van der Waals surface area contributed by atoms with Crippen LogP contribution < -0.4 is 0 Å². The third kappa shape index (κ3) is 2.79. The van der Waals surface area contributed by atoms with E-state index in [2.05, 4.69) is 37.2 Å². The van der Waals surface area contributed by atoms with E-state index in [1.165, 1.54) is 0 Å². The number of nitrogens with zero attached hydrogens (tertiary/aromatic N) is 4. The molecule has 1 rings (SSSR count). The van der Waals surface area contributed by atoms with Gasteiger partial charge in [-0.05, 0) is 25.7 Å². The van der Waals surface area contributed by atoms with E-state index in [9.17, 15) is 0 Å². The average molecular weight is 206 g/mol. The lowest BCUT2D eigenvalue weighted by molar-refractivity contribution is 0.405. The van der Waals surface area contributed by atoms with Gasteiger partial charge < -0.3 is 0 Å². The van der Waals surface area contributed by atoms with Crippen LogP contribution in [-0.2, 0) is 6.42 Å². The molecule has 1 aromatic heterocycles. The SMILES string of the molecule is CC(C)n1nnc(CC(C)(C)C)c1C#N. The Bertz CT molecular complexity index is 376. The first-order chi connectivity index (χ1) is 6.85. The molecule has 0 spiro atoms. The van der Waals surface area contributed by atoms with Crippen LogP contribution in [-0.4, -0.2) is 15.0 Å². The van der Waals surface area contributed by atoms with Gasteiger partial charge in [-0.3, -0.25) is 0 Å². The smallest absolute Gasteiger partial charge is 0.162 e. The zero-order chi connectivity index (χ0) is 11.6. The van der Waals surface area contributed by atoms with Crippen molar-refractivity contribution in [2.45, 2.75) is 47.1 Å². The first-order valence-electron chi connectivity index (χ1n) is 5.19. The van der Waals surface area contributed by atoms with Gasteiger partial charge in [0.1, 0.15) is 11.8 Å². The number of nitriles is 1. The predicted molar refractivity (Wildman–Crippen MR) is 58.3 cm³/mol. The minimum Gasteiger partial charge on any atom is -0.232 e. The maximum Gasteiger partial charge on any atom is 0.162 e. The lowest BCUT2D eigenvalue weighted by Gasteiger charge is -2.16. The van der Waals surface area contributed by atoms with Crippen LogP contribution in [0.1, 0.15) is 52.0 Å². The molecule has 0 aliphatic rings. The van der Waals surface area contributed by atoms with E-state index in [0.717, 1.165) is 12.1 Å². The molecule has 0 radical (unpaired) electrons. The van der Waals surface area contributed by atoms with Crippen LogP contribution in [0.15, 0.2) is 0 Å². The van der Waals surface area contributed by atoms with Crippen LogP contribution in [0.25, 0.3) is 0 Å². The van der Waals surface area contributed by atoms with E-state index in [0.29, 0.717) is 5.69 Å². The molecule has 0 N–H and O–H groups in total. The molecule has 0 atom stereocenters. The summed E-state index contributed by atoms with van der Waals surface area (Å²) in [7, 11) is 0. The van der Waals surface area contributed by atoms with Crippen molar-refractivity contribution in [1.29, 1.82) is 5.26 Å². The van der Waals surface area contributed by atoms with Crippen molar-refractivity contribution in [2.24, 2.45) is 5.41 Å². The van der Waals surface area contributed by atoms with Crippen molar-refractivity contribution in [3.8, 4) is 6.07 Å². The zero-order valence-electron chi connectivity index (χ0n) is 10.1. The second kappa shape index (κ2) is 4.01. The molecular weight excluding hydrogens is 188 g/mol. The summed E-state index contributed by atoms with van der Waals surface area (Å²) in [6.07, 6.45) is 0.780. The fourth-order valence-corrected chi connectivity index (χ4v) is 1.43. The molecule has 15 heavy (non-hydrogen) atoms. The molecule has 0 fully saturated rings. The molecule has 4 nitrogen and oxygen atoms in total. The number of hydrogen-bond donors (Lipinski definition) is 0. The highest BCUT2D eigenvalue weighted by Crippen LogP contribution is 2.22. The van der Waals surface area contributed by atoms with Crippen LogP contribution in [0.5, 0.6) is 0 Å². The second-order valence-electron chi connectivity index (χ2n) is 5.27. The third-order valence-corrected chi connectivity index (χ3v) is 2.06. The van der Waals surface area contributed by atoms with Crippen LogP contribution >= 0.6 is 0 Å². The van der Waals surface area contributed by atoms with Crippen molar-refractivity contribution < 1.29 is 0 Å². The molecule has 82 valence electrons. The Balaban J connectivity index is 3.06. The van der Waals surface area contributed by atoms with Crippen LogP contribution in [0, 0.1) is 16.7 Å². The maximum absolute atomic E-state index is 9.08. The lowest BCUT2D eigenvalue weighted by Crippen LogP contribution is -2.11. The molecular formula is C11H18N4. The molecule has 0 aromatic carbocycles. The average Bonchev–Trinajstić information content (AvgIpc) is 2.44. The normalized spacial score (nSPS) is 11.8. The topological polar surface area (TPSA) is 54.5 Å². The van der Waals surface area contributed by atoms with E-state index >= 15 is 0 Å². The standard InChI is InChI=1S/C11H18N4/c1-8(2)15-10(7-12)9(13-14-15)6-11(3,4)5/h8H,6H2,1-5H3. The minimum atomic E-state index is 0.128. The highest BCUT2D eigenvalue weighted by molar-refractivity contribution is 5.26. The summed E-state index contributed by atoms with van der Waals surface area (Å²) in [5.41, 5.74) is 1.53. The summed E-state index contributed by atoms with van der Waals surface area (Å²) in [4.78, 5) is 0. The van der Waals surface area contributed by atoms with Crippen LogP contribution in [0.4, 0.5) is 0 Å². The fraction of sp³-hybridized carbons (Fsp3) is 0.727. The Kier molecular flexibility index (Phi) is 3.13. The van der Waals surface area contributed by atoms with Gasteiger partial charge in [-0.15, -0.1) is 5.10 Å². The largest absolute Gasteiger partial charge is 0.232 e. The van der Waals surface area contributed by atoms with Crippen LogP contribution in [0.2, 0.25) is 0 Å². The Morgan fingerprint density at radius 2 is 2.00 bits per heavy atom. The Morgan fingerprint density at radius 1 is 1.40 bits per heavy atom. The first kappa shape index (κ1) is 11.7. The van der Waals surface area contributed by atoms with E-state index in [-0.39, 0.29) is 11.5 Å². The Hall–Kier alpha value is -1.37. The molecule has 0 aliphatic carbocycles. The van der Waals surface area contributed by atoms with Gasteiger partial charge in [0.05, 0.1) is 0 Å². The van der Waals surface area contributed by atoms with Gasteiger partial charge in [-0.1, -0.05) is 26.0 Å². The summed E-state index contributed by atoms with van der Waals surface area (Å²) < 4.78 is 1.68. The van der Waals surface area contributed by atoms with Crippen molar-refractivity contribution in [3.63, 3.8) is 0 Å². The van der Waals surface area contributed by atoms with Crippen molar-refractivity contribution in [3.05, 3.63) is 11.4 Å². The molecule has 1 aromatic rings. The minimum absolute atomic E-state index is 0.128.